The number of phosphoric ester groups is 3. The first-order valence-electron chi connectivity index (χ1n) is 19.4. The first-order chi connectivity index (χ1) is 34.2. The van der Waals surface area contributed by atoms with Crippen LogP contribution < -0.4 is 154 Å². The Kier molecular flexibility index (Phi) is 29.5. The summed E-state index contributed by atoms with van der Waals surface area (Å²) in [6.07, 6.45) is -18.2. The Bertz CT molecular complexity index is 2660. The van der Waals surface area contributed by atoms with Crippen LogP contribution in [0.3, 0.4) is 0 Å². The molecule has 0 spiro atoms. The van der Waals surface area contributed by atoms with Gasteiger partial charge in [-0.1, -0.05) is 18.3 Å². The van der Waals surface area contributed by atoms with Gasteiger partial charge in [0.2, 0.25) is 0 Å². The Labute approximate surface area is 499 Å². The fraction of sp³-hybridized carbons (Fsp3) is 0.556. The van der Waals surface area contributed by atoms with Crippen LogP contribution in [0.2, 0.25) is 0 Å². The van der Waals surface area contributed by atoms with Gasteiger partial charge in [0, 0.05) is 18.6 Å². The summed E-state index contributed by atoms with van der Waals surface area (Å²) < 4.78 is 106. The summed E-state index contributed by atoms with van der Waals surface area (Å²) in [6.45, 7) is -2.93. The molecule has 3 aliphatic rings. The summed E-state index contributed by atoms with van der Waals surface area (Å²) in [5, 5.41) is 71.7. The van der Waals surface area contributed by atoms with Gasteiger partial charge in [0.05, 0.1) is 38.1 Å². The fourth-order valence-electron chi connectivity index (χ4n) is 6.03. The monoisotopic (exact) mass is 1270 g/mol. The first-order valence-corrected chi connectivity index (χ1v) is 28.4. The average Bonchev–Trinajstić information content (AvgIpc) is 3.80. The molecule has 15 atom stereocenters. The number of nitrogens with zero attached hydrogens (tertiary/aromatic N) is 6. The largest absolute Gasteiger partial charge is 1.00 e. The van der Waals surface area contributed by atoms with Crippen LogP contribution in [-0.4, -0.2) is 147 Å². The minimum atomic E-state index is -5.33. The maximum atomic E-state index is 12.0. The topological polar surface area (TPSA) is 689 Å². The van der Waals surface area contributed by atoms with E-state index in [2.05, 4.69) is 41.5 Å². The van der Waals surface area contributed by atoms with Crippen molar-refractivity contribution in [3.63, 3.8) is 0 Å². The number of hydrogen-bond donors (Lipinski definition) is 12. The van der Waals surface area contributed by atoms with Gasteiger partial charge in [0.25, 0.3) is 0 Å². The summed E-state index contributed by atoms with van der Waals surface area (Å²) in [5.74, 6) is -0.344. The average molecular weight is 1270 g/mol. The number of hydrogen-bond acceptors (Lipinski definition) is 30. The molecule has 0 saturated carbocycles. The van der Waals surface area contributed by atoms with Gasteiger partial charge in [-0.3, -0.25) is 27.3 Å². The Hall–Kier alpha value is -0.540. The van der Waals surface area contributed by atoms with Crippen LogP contribution in [0.25, 0.3) is 0 Å². The normalized spacial score (nSPS) is 28.3. The number of rotatable bonds is 18. The van der Waals surface area contributed by atoms with Crippen molar-refractivity contribution in [1.82, 2.24) is 28.7 Å². The Balaban J connectivity index is 0.000000574. The standard InChI is InChI=1S/3C9H13N3O11P2.3Na/c3*10-5-1-2-12(9(15)11-5)8-7(14)6(13)4(22-8)3-21-25(19,20)23-24(16,17)18;;;/h3*1-2,4,6-8H,3H2,(H,19,20)(H2,10,11,15)(H2,16,17,18);;;/q3*-2;3*+1/t3*4-,6-,7-,8-;;;/m100.../s1. The van der Waals surface area contributed by atoms with Gasteiger partial charge in [-0.15, -0.1) is 18.3 Å². The number of ether oxygens (including phenoxy) is 3. The van der Waals surface area contributed by atoms with Gasteiger partial charge in [-0.2, -0.15) is 27.9 Å². The molecule has 3 aromatic rings. The maximum absolute atomic E-state index is 12.0. The third-order valence-electron chi connectivity index (χ3n) is 9.07. The zero-order valence-corrected chi connectivity index (χ0v) is 50.8. The van der Waals surface area contributed by atoms with E-state index in [9.17, 15) is 72.4 Å². The number of aromatic nitrogens is 6. The van der Waals surface area contributed by atoms with E-state index in [-0.39, 0.29) is 106 Å². The zero-order valence-electron chi connectivity index (χ0n) is 39.4. The molecule has 0 aliphatic carbocycles. The Morgan fingerprint density at radius 2 is 0.641 bits per heavy atom. The molecule has 426 valence electrons. The molecule has 0 radical (unpaired) electrons. The molecule has 15 N–H and O–H groups in total. The molecule has 3 unspecified atom stereocenters. The van der Waals surface area contributed by atoms with Crippen LogP contribution in [0.5, 0.6) is 0 Å². The number of phosphoric acid groups is 6. The van der Waals surface area contributed by atoms with E-state index < -0.39 is 157 Å². The van der Waals surface area contributed by atoms with Crippen molar-refractivity contribution < 1.29 is 231 Å². The Morgan fingerprint density at radius 1 is 0.436 bits per heavy atom. The molecule has 0 aromatic carbocycles. The summed E-state index contributed by atoms with van der Waals surface area (Å²) in [5.41, 5.74) is 13.1. The van der Waals surface area contributed by atoms with Gasteiger partial charge in [-0.25, -0.2) is 41.8 Å². The smallest absolute Gasteiger partial charge is 0.851 e. The predicted octanol–water partition coefficient (Wildman–Crippen LogP) is -19.8. The summed E-state index contributed by atoms with van der Waals surface area (Å²) in [7, 11) is -31.6. The van der Waals surface area contributed by atoms with E-state index in [1.54, 1.807) is 0 Å². The molecule has 78 heavy (non-hydrogen) atoms. The van der Waals surface area contributed by atoms with Crippen LogP contribution >= 0.6 is 46.9 Å². The quantitative estimate of drug-likeness (QED) is 0.0416. The van der Waals surface area contributed by atoms with Gasteiger partial charge >= 0.3 is 153 Å². The van der Waals surface area contributed by atoms with Crippen molar-refractivity contribution in [3.8, 4) is 0 Å². The van der Waals surface area contributed by atoms with Crippen molar-refractivity contribution in [2.24, 2.45) is 0 Å². The summed E-state index contributed by atoms with van der Waals surface area (Å²) >= 11 is 0. The van der Waals surface area contributed by atoms with Gasteiger partial charge in [0.15, 0.2) is 0 Å². The van der Waals surface area contributed by atoms with E-state index in [0.29, 0.717) is 0 Å². The number of anilines is 3. The third kappa shape index (κ3) is 23.1. The molecule has 0 bridgehead atoms. The van der Waals surface area contributed by atoms with E-state index in [1.165, 1.54) is 18.2 Å². The molecule has 0 amide bonds. The van der Waals surface area contributed by atoms with Crippen molar-refractivity contribution in [2.75, 3.05) is 37.0 Å². The van der Waals surface area contributed by atoms with E-state index in [1.807, 2.05) is 0 Å². The van der Waals surface area contributed by atoms with Crippen LogP contribution in [0, 0.1) is 0 Å². The molecule has 6 rings (SSSR count). The first kappa shape index (κ1) is 75.5. The van der Waals surface area contributed by atoms with Crippen molar-refractivity contribution in [3.05, 3.63) is 68.2 Å². The maximum Gasteiger partial charge on any atom is 1.00 e. The van der Waals surface area contributed by atoms with Gasteiger partial charge in [-0.05, 0) is 18.2 Å². The van der Waals surface area contributed by atoms with Crippen LogP contribution in [-0.2, 0) is 68.1 Å². The van der Waals surface area contributed by atoms with E-state index in [0.717, 1.165) is 32.3 Å². The van der Waals surface area contributed by atoms with Crippen LogP contribution in [0.15, 0.2) is 51.2 Å². The second kappa shape index (κ2) is 30.5. The van der Waals surface area contributed by atoms with E-state index >= 15 is 0 Å². The Morgan fingerprint density at radius 3 is 0.821 bits per heavy atom. The second-order valence-corrected chi connectivity index (χ2v) is 23.1. The molecule has 3 aliphatic heterocycles. The molecule has 3 saturated heterocycles. The van der Waals surface area contributed by atoms with Crippen molar-refractivity contribution in [2.45, 2.75) is 73.6 Å². The predicted molar refractivity (Wildman–Crippen MR) is 220 cm³/mol. The molecule has 3 fully saturated rings. The third-order valence-corrected chi connectivity index (χ3v) is 15.5. The zero-order chi connectivity index (χ0) is 57.0. The molecular formula is C27H39N9Na3O33P6-3. The summed E-state index contributed by atoms with van der Waals surface area (Å²) in [6, 6.07) is 3.57. The molecular weight excluding hydrogens is 1230 g/mol. The van der Waals surface area contributed by atoms with Gasteiger partial charge in [0.1, 0.15) is 36.1 Å². The van der Waals surface area contributed by atoms with Crippen molar-refractivity contribution >= 4 is 64.4 Å². The van der Waals surface area contributed by atoms with E-state index in [4.69, 9.17) is 75.5 Å². The van der Waals surface area contributed by atoms with Crippen LogP contribution in [0.1, 0.15) is 18.7 Å². The van der Waals surface area contributed by atoms with Gasteiger partial charge < -0.3 is 106 Å². The number of nitrogen functional groups attached to an aromatic ring is 3. The van der Waals surface area contributed by atoms with Crippen LogP contribution in [0.4, 0.5) is 17.5 Å². The molecule has 42 nitrogen and oxygen atoms in total. The summed E-state index contributed by atoms with van der Waals surface area (Å²) in [4.78, 5) is 123. The molecule has 3 aromatic heterocycles. The minimum absolute atomic E-state index is 0. The second-order valence-electron chi connectivity index (χ2n) is 14.6. The minimum Gasteiger partial charge on any atom is -0.851 e. The molecule has 51 heteroatoms. The van der Waals surface area contributed by atoms with Crippen molar-refractivity contribution in [1.29, 1.82) is 0 Å². The fourth-order valence-corrected chi connectivity index (χ4v) is 10.8. The molecule has 6 heterocycles. The SMILES string of the molecule is Nc1ccn([C@@H]2O[C@H](COP(=O)(O)OP(=O)(O)O)[C@@H]([O-])[C@H]2[O-])c(=O)n1.Nc1ccn([C@H]2O[C@@H](COP(=O)(O)OP(=O)(O)O)[C@H]([O-])[C@@H]2[O-])c(=O)n1.Nc1ccn([C@H]2O[C@@H](COP(=O)(O)OP(=O)(O)O)[C@H]([O-])[C@@H]2[O-])c(=O)n1.[Na+].[Na+].[Na+]. The number of nitrogens with two attached hydrogens (primary N) is 3.